The van der Waals surface area contributed by atoms with Crippen LogP contribution in [0.4, 0.5) is 5.69 Å². The van der Waals surface area contributed by atoms with Gasteiger partial charge >= 0.3 is 0 Å². The fourth-order valence-corrected chi connectivity index (χ4v) is 3.25. The molecule has 2 N–H and O–H groups in total. The first-order valence-corrected chi connectivity index (χ1v) is 7.51. The molecule has 1 aromatic rings. The molecule has 0 unspecified atom stereocenters. The molecule has 0 atom stereocenters. The molecule has 2 heterocycles. The lowest BCUT2D eigenvalue weighted by molar-refractivity contribution is 0.137. The number of nitrogens with zero attached hydrogens (tertiary/aromatic N) is 1. The van der Waals surface area contributed by atoms with E-state index < -0.39 is 0 Å². The van der Waals surface area contributed by atoms with Gasteiger partial charge in [-0.15, -0.1) is 0 Å². The molecular weight excluding hydrogens is 236 g/mol. The number of para-hydroxylation sites is 1. The number of hydrogen-bond acceptors (Lipinski definition) is 3. The van der Waals surface area contributed by atoms with Crippen molar-refractivity contribution in [3.05, 3.63) is 29.8 Å². The third-order valence-corrected chi connectivity index (χ3v) is 4.35. The highest BCUT2D eigenvalue weighted by molar-refractivity contribution is 5.60. The van der Waals surface area contributed by atoms with E-state index >= 15 is 0 Å². The Morgan fingerprint density at radius 3 is 2.58 bits per heavy atom. The number of likely N-dealkylation sites (tertiary alicyclic amines) is 1. The van der Waals surface area contributed by atoms with Crippen molar-refractivity contribution in [2.24, 2.45) is 0 Å². The summed E-state index contributed by atoms with van der Waals surface area (Å²) < 4.78 is 0. The first kappa shape index (κ1) is 14.4. The molecule has 2 aliphatic heterocycles. The van der Waals surface area contributed by atoms with Crippen LogP contribution >= 0.6 is 0 Å². The number of fused-ring (bicyclic) bond motifs is 2. The average Bonchev–Trinajstić information content (AvgIpc) is 2.84. The highest BCUT2D eigenvalue weighted by Crippen LogP contribution is 2.43. The number of aliphatic hydroxyl groups excluding tert-OH is 1. The fourth-order valence-electron chi connectivity index (χ4n) is 3.25. The minimum atomic E-state index is 0.280. The van der Waals surface area contributed by atoms with Crippen molar-refractivity contribution in [2.45, 2.75) is 32.1 Å². The lowest BCUT2D eigenvalue weighted by atomic mass is 9.74. The van der Waals surface area contributed by atoms with Gasteiger partial charge in [-0.25, -0.2) is 0 Å². The highest BCUT2D eigenvalue weighted by atomic mass is 16.3. The Morgan fingerprint density at radius 1 is 1.21 bits per heavy atom. The smallest absolute Gasteiger partial charge is 0.0558 e. The summed E-state index contributed by atoms with van der Waals surface area (Å²) in [4.78, 5) is 2.37. The summed E-state index contributed by atoms with van der Waals surface area (Å²) in [6.07, 6.45) is 2.41. The lowest BCUT2D eigenvalue weighted by Gasteiger charge is -2.39. The molecule has 3 heteroatoms. The summed E-state index contributed by atoms with van der Waals surface area (Å²) in [5, 5.41) is 12.5. The monoisotopic (exact) mass is 262 g/mol. The van der Waals surface area contributed by atoms with Crippen LogP contribution in [0.5, 0.6) is 0 Å². The van der Waals surface area contributed by atoms with Crippen molar-refractivity contribution < 1.29 is 5.11 Å². The van der Waals surface area contributed by atoms with Crippen molar-refractivity contribution >= 4 is 5.69 Å². The Kier molecular flexibility index (Phi) is 4.83. The van der Waals surface area contributed by atoms with E-state index in [9.17, 15) is 0 Å². The van der Waals surface area contributed by atoms with Gasteiger partial charge in [-0.2, -0.15) is 0 Å². The molecule has 0 aromatic heterocycles. The van der Waals surface area contributed by atoms with Crippen molar-refractivity contribution in [1.82, 2.24) is 4.90 Å². The minimum absolute atomic E-state index is 0.280. The Bertz CT molecular complexity index is 397. The van der Waals surface area contributed by atoms with E-state index in [1.54, 1.807) is 0 Å². The van der Waals surface area contributed by atoms with E-state index in [4.69, 9.17) is 5.11 Å². The summed E-state index contributed by atoms with van der Waals surface area (Å²) in [7, 11) is 0. The molecule has 106 valence electrons. The Labute approximate surface area is 116 Å². The number of anilines is 1. The van der Waals surface area contributed by atoms with E-state index in [1.807, 2.05) is 13.8 Å². The zero-order valence-corrected chi connectivity index (χ0v) is 12.2. The molecule has 1 aromatic carbocycles. The maximum atomic E-state index is 8.98. The summed E-state index contributed by atoms with van der Waals surface area (Å²) in [6, 6.07) is 8.71. The van der Waals surface area contributed by atoms with Crippen molar-refractivity contribution in [2.75, 3.05) is 38.1 Å². The normalized spacial score (nSPS) is 20.4. The van der Waals surface area contributed by atoms with Crippen LogP contribution in [0.15, 0.2) is 24.3 Å². The predicted molar refractivity (Wildman–Crippen MR) is 80.7 cm³/mol. The number of nitrogens with one attached hydrogen (secondary N) is 1. The zero-order valence-electron chi connectivity index (χ0n) is 12.2. The second kappa shape index (κ2) is 6.40. The van der Waals surface area contributed by atoms with Crippen molar-refractivity contribution in [3.8, 4) is 0 Å². The number of β-amino-alcohol motifs (C(OH)–C–C–N with tert-alkyl or cyclic N) is 1. The van der Waals surface area contributed by atoms with Gasteiger partial charge in [0.05, 0.1) is 6.61 Å². The number of piperidine rings is 1. The largest absolute Gasteiger partial charge is 0.395 e. The maximum absolute atomic E-state index is 8.98. The molecule has 3 nitrogen and oxygen atoms in total. The van der Waals surface area contributed by atoms with Crippen LogP contribution in [0.3, 0.4) is 0 Å². The Morgan fingerprint density at radius 2 is 1.89 bits per heavy atom. The molecule has 0 amide bonds. The van der Waals surface area contributed by atoms with E-state index in [1.165, 1.54) is 24.1 Å². The van der Waals surface area contributed by atoms with Gasteiger partial charge in [0.15, 0.2) is 0 Å². The Balaban J connectivity index is 0.000000637. The fraction of sp³-hybridized carbons (Fsp3) is 0.625. The van der Waals surface area contributed by atoms with Crippen molar-refractivity contribution in [3.63, 3.8) is 0 Å². The van der Waals surface area contributed by atoms with Gasteiger partial charge < -0.3 is 15.3 Å². The summed E-state index contributed by atoms with van der Waals surface area (Å²) in [5.41, 5.74) is 3.18. The van der Waals surface area contributed by atoms with E-state index in [0.29, 0.717) is 5.41 Å². The van der Waals surface area contributed by atoms with E-state index in [2.05, 4.69) is 34.5 Å². The highest BCUT2D eigenvalue weighted by Gasteiger charge is 2.40. The van der Waals surface area contributed by atoms with E-state index in [0.717, 1.165) is 26.2 Å². The van der Waals surface area contributed by atoms with Crippen LogP contribution in [0.1, 0.15) is 32.3 Å². The van der Waals surface area contributed by atoms with Gasteiger partial charge in [0.1, 0.15) is 0 Å². The topological polar surface area (TPSA) is 35.5 Å². The third-order valence-electron chi connectivity index (χ3n) is 4.35. The van der Waals surface area contributed by atoms with Gasteiger partial charge in [-0.3, -0.25) is 0 Å². The van der Waals surface area contributed by atoms with Crippen LogP contribution in [0.25, 0.3) is 0 Å². The molecule has 0 saturated carbocycles. The Hall–Kier alpha value is -1.06. The molecule has 3 rings (SSSR count). The molecular formula is C16H26N2O. The molecule has 0 aliphatic carbocycles. The van der Waals surface area contributed by atoms with Crippen LogP contribution < -0.4 is 5.32 Å². The number of rotatable bonds is 2. The standard InChI is InChI=1S/C14H20N2O.C2H6/c17-10-9-16-7-5-14(6-8-16)11-15-13-4-2-1-3-12(13)14;1-2/h1-4,15,17H,5-11H2;1-2H3. The first-order chi connectivity index (χ1) is 9.34. The van der Waals surface area contributed by atoms with Crippen LogP contribution in [-0.2, 0) is 5.41 Å². The SMILES string of the molecule is CC.OCCN1CCC2(CC1)CNc1ccccc12. The van der Waals surface area contributed by atoms with Gasteiger partial charge in [0, 0.05) is 24.2 Å². The second-order valence-electron chi connectivity index (χ2n) is 5.24. The molecule has 1 fully saturated rings. The zero-order chi connectivity index (χ0) is 13.7. The molecule has 2 aliphatic rings. The van der Waals surface area contributed by atoms with Crippen molar-refractivity contribution in [1.29, 1.82) is 0 Å². The molecule has 0 radical (unpaired) electrons. The summed E-state index contributed by atoms with van der Waals surface area (Å²) in [6.45, 7) is 8.40. The van der Waals surface area contributed by atoms with Crippen LogP contribution in [0.2, 0.25) is 0 Å². The number of benzene rings is 1. The maximum Gasteiger partial charge on any atom is 0.0558 e. The van der Waals surface area contributed by atoms with Crippen LogP contribution in [-0.4, -0.2) is 42.8 Å². The molecule has 0 bridgehead atoms. The van der Waals surface area contributed by atoms with Gasteiger partial charge in [-0.1, -0.05) is 32.0 Å². The second-order valence-corrected chi connectivity index (χ2v) is 5.24. The predicted octanol–water partition coefficient (Wildman–Crippen LogP) is 2.46. The lowest BCUT2D eigenvalue weighted by Crippen LogP contribution is -2.44. The summed E-state index contributed by atoms with van der Waals surface area (Å²) in [5.74, 6) is 0. The third kappa shape index (κ3) is 2.77. The number of hydrogen-bond donors (Lipinski definition) is 2. The van der Waals surface area contributed by atoms with Gasteiger partial charge in [0.25, 0.3) is 0 Å². The van der Waals surface area contributed by atoms with E-state index in [-0.39, 0.29) is 6.61 Å². The van der Waals surface area contributed by atoms with Crippen LogP contribution in [0, 0.1) is 0 Å². The molecule has 19 heavy (non-hydrogen) atoms. The van der Waals surface area contributed by atoms with Gasteiger partial charge in [0.2, 0.25) is 0 Å². The average molecular weight is 262 g/mol. The quantitative estimate of drug-likeness (QED) is 0.859. The van der Waals surface area contributed by atoms with Gasteiger partial charge in [-0.05, 0) is 37.6 Å². The number of aliphatic hydroxyl groups is 1. The molecule has 1 spiro atoms. The first-order valence-electron chi connectivity index (χ1n) is 7.51. The minimum Gasteiger partial charge on any atom is -0.395 e. The summed E-state index contributed by atoms with van der Waals surface area (Å²) >= 11 is 0. The molecule has 1 saturated heterocycles.